The number of Topliss-reactive ketones (excluding diaryl/α,β-unsaturated/α-hetero) is 1. The van der Waals surface area contributed by atoms with E-state index in [0.717, 1.165) is 11.1 Å². The highest BCUT2D eigenvalue weighted by Crippen LogP contribution is 2.25. The molecule has 0 aliphatic heterocycles. The van der Waals surface area contributed by atoms with E-state index >= 15 is 0 Å². The summed E-state index contributed by atoms with van der Waals surface area (Å²) in [7, 11) is 1.61. The van der Waals surface area contributed by atoms with Crippen LogP contribution in [0.1, 0.15) is 42.6 Å². The SMILES string of the molecule is CCC(CC)(OC)C(=O)c1cccc(C)c1. The molecular formula is C14H20O2. The first kappa shape index (κ1) is 12.9. The minimum Gasteiger partial charge on any atom is -0.370 e. The minimum absolute atomic E-state index is 0.0868. The van der Waals surface area contributed by atoms with Gasteiger partial charge in [-0.25, -0.2) is 0 Å². The number of ether oxygens (including phenoxy) is 1. The van der Waals surface area contributed by atoms with Crippen molar-refractivity contribution < 1.29 is 9.53 Å². The van der Waals surface area contributed by atoms with Crippen molar-refractivity contribution in [3.05, 3.63) is 35.4 Å². The van der Waals surface area contributed by atoms with Gasteiger partial charge in [-0.3, -0.25) is 4.79 Å². The van der Waals surface area contributed by atoms with Crippen molar-refractivity contribution in [3.8, 4) is 0 Å². The third-order valence-electron chi connectivity index (χ3n) is 3.23. The molecule has 0 unspecified atom stereocenters. The number of rotatable bonds is 5. The number of benzene rings is 1. The predicted molar refractivity (Wildman–Crippen MR) is 65.8 cm³/mol. The summed E-state index contributed by atoms with van der Waals surface area (Å²) in [5.74, 6) is 0.0868. The van der Waals surface area contributed by atoms with Gasteiger partial charge in [0.05, 0.1) is 0 Å². The Morgan fingerprint density at radius 2 is 1.94 bits per heavy atom. The van der Waals surface area contributed by atoms with Crippen LogP contribution in [0, 0.1) is 6.92 Å². The maximum atomic E-state index is 12.4. The minimum atomic E-state index is -0.659. The average molecular weight is 220 g/mol. The zero-order valence-corrected chi connectivity index (χ0v) is 10.5. The second-order valence-electron chi connectivity index (χ2n) is 4.10. The summed E-state index contributed by atoms with van der Waals surface area (Å²) in [5, 5.41) is 0. The van der Waals surface area contributed by atoms with Gasteiger partial charge in [0.2, 0.25) is 0 Å². The molecule has 0 fully saturated rings. The molecule has 1 aromatic carbocycles. The van der Waals surface area contributed by atoms with E-state index in [1.165, 1.54) is 0 Å². The first-order valence-electron chi connectivity index (χ1n) is 5.76. The molecule has 0 aliphatic rings. The van der Waals surface area contributed by atoms with Crippen molar-refractivity contribution in [1.82, 2.24) is 0 Å². The van der Waals surface area contributed by atoms with Crippen molar-refractivity contribution in [2.45, 2.75) is 39.2 Å². The third-order valence-corrected chi connectivity index (χ3v) is 3.23. The first-order chi connectivity index (χ1) is 7.59. The van der Waals surface area contributed by atoms with E-state index in [9.17, 15) is 4.79 Å². The van der Waals surface area contributed by atoms with Gasteiger partial charge in [-0.15, -0.1) is 0 Å². The zero-order chi connectivity index (χ0) is 12.2. The lowest BCUT2D eigenvalue weighted by atomic mass is 9.87. The molecule has 0 amide bonds. The van der Waals surface area contributed by atoms with E-state index in [-0.39, 0.29) is 5.78 Å². The van der Waals surface area contributed by atoms with E-state index in [0.29, 0.717) is 12.8 Å². The molecule has 88 valence electrons. The molecule has 1 aromatic rings. The Labute approximate surface area is 97.6 Å². The lowest BCUT2D eigenvalue weighted by Crippen LogP contribution is -2.39. The van der Waals surface area contributed by atoms with Crippen LogP contribution in [0.2, 0.25) is 0 Å². The summed E-state index contributed by atoms with van der Waals surface area (Å²) >= 11 is 0. The van der Waals surface area contributed by atoms with Gasteiger partial charge in [-0.05, 0) is 25.8 Å². The molecule has 0 atom stereocenters. The van der Waals surface area contributed by atoms with Crippen molar-refractivity contribution in [2.75, 3.05) is 7.11 Å². The van der Waals surface area contributed by atoms with Gasteiger partial charge in [-0.1, -0.05) is 37.6 Å². The van der Waals surface area contributed by atoms with E-state index in [2.05, 4.69) is 0 Å². The van der Waals surface area contributed by atoms with Crippen LogP contribution in [0.4, 0.5) is 0 Å². The quantitative estimate of drug-likeness (QED) is 0.711. The van der Waals surface area contributed by atoms with E-state index < -0.39 is 5.60 Å². The standard InChI is InChI=1S/C14H20O2/c1-5-14(6-2,16-4)13(15)12-9-7-8-11(3)10-12/h7-10H,5-6H2,1-4H3. The fourth-order valence-corrected chi connectivity index (χ4v) is 2.00. The van der Waals surface area contributed by atoms with Gasteiger partial charge in [0.25, 0.3) is 0 Å². The van der Waals surface area contributed by atoms with Crippen LogP contribution >= 0.6 is 0 Å². The topological polar surface area (TPSA) is 26.3 Å². The first-order valence-corrected chi connectivity index (χ1v) is 5.76. The Balaban J connectivity index is 3.09. The van der Waals surface area contributed by atoms with Crippen molar-refractivity contribution in [1.29, 1.82) is 0 Å². The van der Waals surface area contributed by atoms with Gasteiger partial charge in [0, 0.05) is 12.7 Å². The largest absolute Gasteiger partial charge is 0.370 e. The summed E-state index contributed by atoms with van der Waals surface area (Å²) < 4.78 is 5.44. The summed E-state index contributed by atoms with van der Waals surface area (Å²) in [6.07, 6.45) is 1.40. The Bertz CT molecular complexity index is 356. The van der Waals surface area contributed by atoms with Gasteiger partial charge in [0.1, 0.15) is 5.60 Å². The number of hydrogen-bond acceptors (Lipinski definition) is 2. The highest BCUT2D eigenvalue weighted by Gasteiger charge is 2.35. The molecule has 0 aliphatic carbocycles. The maximum Gasteiger partial charge on any atom is 0.194 e. The molecule has 0 radical (unpaired) electrons. The fourth-order valence-electron chi connectivity index (χ4n) is 2.00. The maximum absolute atomic E-state index is 12.4. The van der Waals surface area contributed by atoms with Crippen LogP contribution < -0.4 is 0 Å². The molecule has 16 heavy (non-hydrogen) atoms. The smallest absolute Gasteiger partial charge is 0.194 e. The third kappa shape index (κ3) is 2.33. The highest BCUT2D eigenvalue weighted by atomic mass is 16.5. The highest BCUT2D eigenvalue weighted by molar-refractivity contribution is 6.02. The lowest BCUT2D eigenvalue weighted by molar-refractivity contribution is -0.00261. The van der Waals surface area contributed by atoms with Crippen molar-refractivity contribution in [2.24, 2.45) is 0 Å². The monoisotopic (exact) mass is 220 g/mol. The number of aryl methyl sites for hydroxylation is 1. The Morgan fingerprint density at radius 3 is 2.38 bits per heavy atom. The second kappa shape index (κ2) is 5.26. The number of methoxy groups -OCH3 is 1. The number of carbonyl (C=O) groups is 1. The Hall–Kier alpha value is -1.15. The summed E-state index contributed by atoms with van der Waals surface area (Å²) in [5.41, 5.74) is 1.18. The molecule has 0 aromatic heterocycles. The summed E-state index contributed by atoms with van der Waals surface area (Å²) in [4.78, 5) is 12.4. The van der Waals surface area contributed by atoms with Gasteiger partial charge in [0.15, 0.2) is 5.78 Å². The molecule has 1 rings (SSSR count). The molecule has 0 saturated heterocycles. The molecule has 0 saturated carbocycles. The average Bonchev–Trinajstić information content (AvgIpc) is 2.32. The summed E-state index contributed by atoms with van der Waals surface area (Å²) in [6.45, 7) is 5.96. The molecule has 0 N–H and O–H groups in total. The van der Waals surface area contributed by atoms with Crippen molar-refractivity contribution >= 4 is 5.78 Å². The van der Waals surface area contributed by atoms with Crippen LogP contribution in [-0.2, 0) is 4.74 Å². The number of ketones is 1. The lowest BCUT2D eigenvalue weighted by Gasteiger charge is -2.28. The zero-order valence-electron chi connectivity index (χ0n) is 10.5. The normalized spacial score (nSPS) is 11.5. The van der Waals surface area contributed by atoms with Gasteiger partial charge >= 0.3 is 0 Å². The molecule has 2 nitrogen and oxygen atoms in total. The van der Waals surface area contributed by atoms with Crippen LogP contribution in [0.3, 0.4) is 0 Å². The van der Waals surface area contributed by atoms with Gasteiger partial charge < -0.3 is 4.74 Å². The molecular weight excluding hydrogens is 200 g/mol. The summed E-state index contributed by atoms with van der Waals surface area (Å²) in [6, 6.07) is 7.67. The Kier molecular flexibility index (Phi) is 4.25. The van der Waals surface area contributed by atoms with Gasteiger partial charge in [-0.2, -0.15) is 0 Å². The number of carbonyl (C=O) groups excluding carboxylic acids is 1. The van der Waals surface area contributed by atoms with E-state index in [1.54, 1.807) is 7.11 Å². The van der Waals surface area contributed by atoms with Crippen LogP contribution in [0.5, 0.6) is 0 Å². The van der Waals surface area contributed by atoms with Crippen LogP contribution in [-0.4, -0.2) is 18.5 Å². The van der Waals surface area contributed by atoms with E-state index in [4.69, 9.17) is 4.74 Å². The second-order valence-corrected chi connectivity index (χ2v) is 4.10. The number of hydrogen-bond donors (Lipinski definition) is 0. The van der Waals surface area contributed by atoms with Crippen LogP contribution in [0.25, 0.3) is 0 Å². The predicted octanol–water partition coefficient (Wildman–Crippen LogP) is 3.38. The molecule has 0 bridgehead atoms. The van der Waals surface area contributed by atoms with Crippen LogP contribution in [0.15, 0.2) is 24.3 Å². The Morgan fingerprint density at radius 1 is 1.31 bits per heavy atom. The van der Waals surface area contributed by atoms with E-state index in [1.807, 2.05) is 45.0 Å². The fraction of sp³-hybridized carbons (Fsp3) is 0.500. The molecule has 0 spiro atoms. The molecule has 2 heteroatoms. The van der Waals surface area contributed by atoms with Crippen molar-refractivity contribution in [3.63, 3.8) is 0 Å². The molecule has 0 heterocycles.